The maximum atomic E-state index is 12.3. The second kappa shape index (κ2) is 8.52. The topological polar surface area (TPSA) is 73.3 Å². The highest BCUT2D eigenvalue weighted by atomic mass is 19.4. The lowest BCUT2D eigenvalue weighted by atomic mass is 9.84. The van der Waals surface area contributed by atoms with Crippen LogP contribution in [0.25, 0.3) is 0 Å². The molecule has 0 spiro atoms. The van der Waals surface area contributed by atoms with Crippen LogP contribution in [-0.4, -0.2) is 19.5 Å². The van der Waals surface area contributed by atoms with E-state index >= 15 is 0 Å². The van der Waals surface area contributed by atoms with Crippen molar-refractivity contribution < 1.29 is 17.9 Å². The molecule has 0 unspecified atom stereocenters. The quantitative estimate of drug-likeness (QED) is 0.591. The van der Waals surface area contributed by atoms with E-state index in [1.807, 2.05) is 32.0 Å². The molecule has 0 atom stereocenters. The third-order valence-electron chi connectivity index (χ3n) is 4.37. The lowest BCUT2D eigenvalue weighted by molar-refractivity contribution is -0.274. The SMILES string of the molecule is CC(C)(CNc1ccc(N)cc1CCCN)c1ccc(OC(F)(F)F)cc1. The number of ether oxygens (including phenoxy) is 1. The van der Waals surface area contributed by atoms with Crippen molar-refractivity contribution in [1.29, 1.82) is 0 Å². The largest absolute Gasteiger partial charge is 0.573 e. The molecule has 0 fully saturated rings. The van der Waals surface area contributed by atoms with Gasteiger partial charge in [0.2, 0.25) is 0 Å². The molecule has 2 aromatic rings. The molecule has 0 aromatic heterocycles. The molecular formula is C20H26F3N3O. The molecule has 4 nitrogen and oxygen atoms in total. The van der Waals surface area contributed by atoms with E-state index in [0.717, 1.165) is 29.7 Å². The predicted molar refractivity (Wildman–Crippen MR) is 103 cm³/mol. The Hall–Kier alpha value is -2.41. The van der Waals surface area contributed by atoms with Crippen LogP contribution in [0.4, 0.5) is 24.5 Å². The van der Waals surface area contributed by atoms with Gasteiger partial charge in [-0.2, -0.15) is 0 Å². The highest BCUT2D eigenvalue weighted by Crippen LogP contribution is 2.29. The number of alkyl halides is 3. The number of rotatable bonds is 8. The molecule has 2 aromatic carbocycles. The zero-order chi connectivity index (χ0) is 20.1. The van der Waals surface area contributed by atoms with E-state index in [1.54, 1.807) is 12.1 Å². The number of hydrogen-bond acceptors (Lipinski definition) is 4. The Balaban J connectivity index is 2.08. The smallest absolute Gasteiger partial charge is 0.406 e. The fourth-order valence-electron chi connectivity index (χ4n) is 2.81. The molecule has 0 saturated heterocycles. The first kappa shape index (κ1) is 20.9. The van der Waals surface area contributed by atoms with Crippen LogP contribution in [0.1, 0.15) is 31.4 Å². The van der Waals surface area contributed by atoms with Crippen LogP contribution in [0.5, 0.6) is 5.75 Å². The van der Waals surface area contributed by atoms with E-state index in [2.05, 4.69) is 10.1 Å². The van der Waals surface area contributed by atoms with Gasteiger partial charge in [-0.25, -0.2) is 0 Å². The fraction of sp³-hybridized carbons (Fsp3) is 0.400. The van der Waals surface area contributed by atoms with Gasteiger partial charge in [0.1, 0.15) is 5.75 Å². The molecule has 0 aliphatic rings. The Morgan fingerprint density at radius 1 is 1.04 bits per heavy atom. The van der Waals surface area contributed by atoms with Gasteiger partial charge < -0.3 is 21.5 Å². The first-order valence-corrected chi connectivity index (χ1v) is 8.79. The fourth-order valence-corrected chi connectivity index (χ4v) is 2.81. The van der Waals surface area contributed by atoms with Gasteiger partial charge >= 0.3 is 6.36 Å². The minimum atomic E-state index is -4.69. The summed E-state index contributed by atoms with van der Waals surface area (Å²) in [5, 5.41) is 3.43. The zero-order valence-corrected chi connectivity index (χ0v) is 15.6. The number of nitrogens with two attached hydrogens (primary N) is 2. The van der Waals surface area contributed by atoms with Gasteiger partial charge in [0.05, 0.1) is 0 Å². The molecule has 0 amide bonds. The van der Waals surface area contributed by atoms with Gasteiger partial charge in [-0.1, -0.05) is 26.0 Å². The Kier molecular flexibility index (Phi) is 6.59. The average Bonchev–Trinajstić information content (AvgIpc) is 2.58. The van der Waals surface area contributed by atoms with Gasteiger partial charge in [-0.05, 0) is 60.8 Å². The summed E-state index contributed by atoms with van der Waals surface area (Å²) in [6, 6.07) is 11.7. The number of aryl methyl sites for hydroxylation is 1. The van der Waals surface area contributed by atoms with Crippen LogP contribution in [-0.2, 0) is 11.8 Å². The summed E-state index contributed by atoms with van der Waals surface area (Å²) in [4.78, 5) is 0. The molecular weight excluding hydrogens is 355 g/mol. The number of benzene rings is 2. The molecule has 0 heterocycles. The van der Waals surface area contributed by atoms with E-state index in [-0.39, 0.29) is 11.2 Å². The van der Waals surface area contributed by atoms with Crippen LogP contribution in [0.15, 0.2) is 42.5 Å². The number of halogens is 3. The van der Waals surface area contributed by atoms with E-state index < -0.39 is 6.36 Å². The normalized spacial score (nSPS) is 12.1. The van der Waals surface area contributed by atoms with Crippen LogP contribution in [0.2, 0.25) is 0 Å². The summed E-state index contributed by atoms with van der Waals surface area (Å²) >= 11 is 0. The Morgan fingerprint density at radius 2 is 1.70 bits per heavy atom. The first-order valence-electron chi connectivity index (χ1n) is 8.79. The number of anilines is 2. The molecule has 0 saturated carbocycles. The molecule has 148 valence electrons. The highest BCUT2D eigenvalue weighted by molar-refractivity contribution is 5.58. The molecule has 5 N–H and O–H groups in total. The molecule has 0 aliphatic heterocycles. The van der Waals surface area contributed by atoms with Gasteiger partial charge in [0.25, 0.3) is 0 Å². The molecule has 2 rings (SSSR count). The van der Waals surface area contributed by atoms with Crippen molar-refractivity contribution in [3.63, 3.8) is 0 Å². The van der Waals surface area contributed by atoms with Crippen LogP contribution < -0.4 is 21.5 Å². The van der Waals surface area contributed by atoms with E-state index in [0.29, 0.717) is 18.8 Å². The Morgan fingerprint density at radius 3 is 2.30 bits per heavy atom. The van der Waals surface area contributed by atoms with Crippen molar-refractivity contribution in [1.82, 2.24) is 0 Å². The van der Waals surface area contributed by atoms with Gasteiger partial charge in [-0.15, -0.1) is 13.2 Å². The van der Waals surface area contributed by atoms with Gasteiger partial charge in [0.15, 0.2) is 0 Å². The number of nitrogens with one attached hydrogen (secondary N) is 1. The number of nitrogen functional groups attached to an aromatic ring is 1. The van der Waals surface area contributed by atoms with E-state index in [4.69, 9.17) is 11.5 Å². The molecule has 0 radical (unpaired) electrons. The van der Waals surface area contributed by atoms with Gasteiger partial charge in [-0.3, -0.25) is 0 Å². The van der Waals surface area contributed by atoms with Crippen LogP contribution in [0.3, 0.4) is 0 Å². The van der Waals surface area contributed by atoms with Crippen molar-refractivity contribution in [2.75, 3.05) is 24.1 Å². The highest BCUT2D eigenvalue weighted by Gasteiger charge is 2.31. The van der Waals surface area contributed by atoms with Gasteiger partial charge in [0, 0.05) is 23.3 Å². The number of hydrogen-bond donors (Lipinski definition) is 3. The second-order valence-electron chi connectivity index (χ2n) is 7.12. The third kappa shape index (κ3) is 6.36. The second-order valence-corrected chi connectivity index (χ2v) is 7.12. The maximum Gasteiger partial charge on any atom is 0.573 e. The summed E-state index contributed by atoms with van der Waals surface area (Å²) in [5.74, 6) is -0.224. The van der Waals surface area contributed by atoms with Crippen molar-refractivity contribution >= 4 is 11.4 Å². The minimum Gasteiger partial charge on any atom is -0.406 e. The van der Waals surface area contributed by atoms with Crippen molar-refractivity contribution in [2.24, 2.45) is 5.73 Å². The molecule has 7 heteroatoms. The monoisotopic (exact) mass is 381 g/mol. The lowest BCUT2D eigenvalue weighted by Crippen LogP contribution is -2.28. The summed E-state index contributed by atoms with van der Waals surface area (Å²) < 4.78 is 40.8. The predicted octanol–water partition coefficient (Wildman–Crippen LogP) is 4.45. The Labute approximate surface area is 157 Å². The standard InChI is InChI=1S/C20H26F3N3O/c1-19(2,15-5-8-17(9-6-15)27-20(21,22)23)13-26-18-10-7-16(25)12-14(18)4-3-11-24/h5-10,12,26H,3-4,11,13,24-25H2,1-2H3. The lowest BCUT2D eigenvalue weighted by Gasteiger charge is -2.27. The van der Waals surface area contributed by atoms with Crippen LogP contribution in [0, 0.1) is 0 Å². The molecule has 0 bridgehead atoms. The third-order valence-corrected chi connectivity index (χ3v) is 4.37. The van der Waals surface area contributed by atoms with Crippen molar-refractivity contribution in [2.45, 2.75) is 38.5 Å². The van der Waals surface area contributed by atoms with Crippen molar-refractivity contribution in [3.05, 3.63) is 53.6 Å². The first-order chi connectivity index (χ1) is 12.6. The summed E-state index contributed by atoms with van der Waals surface area (Å²) in [6.07, 6.45) is -3.00. The molecule has 0 aliphatic carbocycles. The van der Waals surface area contributed by atoms with E-state index in [9.17, 15) is 13.2 Å². The van der Waals surface area contributed by atoms with Crippen molar-refractivity contribution in [3.8, 4) is 5.75 Å². The Bertz CT molecular complexity index is 743. The summed E-state index contributed by atoms with van der Waals surface area (Å²) in [7, 11) is 0. The average molecular weight is 381 g/mol. The van der Waals surface area contributed by atoms with E-state index in [1.165, 1.54) is 12.1 Å². The molecule has 27 heavy (non-hydrogen) atoms. The summed E-state index contributed by atoms with van der Waals surface area (Å²) in [5.41, 5.74) is 14.9. The zero-order valence-electron chi connectivity index (χ0n) is 15.6. The summed E-state index contributed by atoms with van der Waals surface area (Å²) in [6.45, 7) is 5.26. The maximum absolute atomic E-state index is 12.3. The van der Waals surface area contributed by atoms with Crippen LogP contribution >= 0.6 is 0 Å². The minimum absolute atomic E-state index is 0.224.